The molecule has 1 aliphatic carbocycles. The van der Waals surface area contributed by atoms with Crippen molar-refractivity contribution in [2.75, 3.05) is 0 Å². The molecule has 1 aromatic heterocycles. The Hall–Kier alpha value is -1.63. The van der Waals surface area contributed by atoms with Crippen molar-refractivity contribution in [3.63, 3.8) is 0 Å². The minimum absolute atomic E-state index is 0.00527. The Morgan fingerprint density at radius 2 is 2.50 bits per heavy atom. The highest BCUT2D eigenvalue weighted by molar-refractivity contribution is 7.09. The molecule has 16 heavy (non-hydrogen) atoms. The first-order valence-electron chi connectivity index (χ1n) is 4.83. The van der Waals surface area contributed by atoms with Gasteiger partial charge in [0.15, 0.2) is 5.84 Å². The molecule has 1 heterocycles. The molecule has 1 saturated carbocycles. The summed E-state index contributed by atoms with van der Waals surface area (Å²) in [6.07, 6.45) is 2.98. The smallest absolute Gasteiger partial charge is 0.234 e. The van der Waals surface area contributed by atoms with Gasteiger partial charge in [0.2, 0.25) is 5.91 Å². The highest BCUT2D eigenvalue weighted by atomic mass is 32.1. The number of carbonyl (C=O) groups excluding carboxylic acids is 1. The number of aromatic nitrogens is 1. The Morgan fingerprint density at radius 3 is 3.00 bits per heavy atom. The van der Waals surface area contributed by atoms with Gasteiger partial charge < -0.3 is 16.3 Å². The lowest BCUT2D eigenvalue weighted by Crippen LogP contribution is -2.40. The molecular weight excluding hydrogens is 228 g/mol. The van der Waals surface area contributed by atoms with Crippen molar-refractivity contribution in [1.82, 2.24) is 10.3 Å². The number of hydrogen-bond acceptors (Lipinski definition) is 5. The summed E-state index contributed by atoms with van der Waals surface area (Å²) in [7, 11) is 0. The second-order valence-electron chi connectivity index (χ2n) is 3.72. The third-order valence-corrected chi connectivity index (χ3v) is 3.47. The van der Waals surface area contributed by atoms with Crippen LogP contribution in [0.3, 0.4) is 0 Å². The van der Waals surface area contributed by atoms with Crippen molar-refractivity contribution in [1.29, 1.82) is 0 Å². The Bertz CT molecular complexity index is 411. The zero-order valence-corrected chi connectivity index (χ0v) is 9.33. The maximum absolute atomic E-state index is 11.8. The van der Waals surface area contributed by atoms with Gasteiger partial charge >= 0.3 is 0 Å². The summed E-state index contributed by atoms with van der Waals surface area (Å²) in [5, 5.41) is 14.3. The van der Waals surface area contributed by atoms with Crippen LogP contribution in [0.4, 0.5) is 0 Å². The largest absolute Gasteiger partial charge is 0.409 e. The SMILES string of the molecule is NC(=NO)C1(C(=O)NCc2cncs2)CC1. The van der Waals surface area contributed by atoms with Gasteiger partial charge in [-0.2, -0.15) is 0 Å². The molecule has 2 rings (SSSR count). The molecule has 0 bridgehead atoms. The fourth-order valence-electron chi connectivity index (χ4n) is 1.49. The van der Waals surface area contributed by atoms with E-state index in [0.29, 0.717) is 19.4 Å². The van der Waals surface area contributed by atoms with E-state index in [0.717, 1.165) is 4.88 Å². The molecule has 1 aliphatic rings. The average molecular weight is 240 g/mol. The van der Waals surface area contributed by atoms with E-state index in [1.165, 1.54) is 11.3 Å². The minimum atomic E-state index is -0.778. The lowest BCUT2D eigenvalue weighted by atomic mass is 10.1. The summed E-state index contributed by atoms with van der Waals surface area (Å²) in [4.78, 5) is 16.7. The van der Waals surface area contributed by atoms with E-state index < -0.39 is 5.41 Å². The summed E-state index contributed by atoms with van der Waals surface area (Å²) < 4.78 is 0. The third kappa shape index (κ3) is 1.85. The second kappa shape index (κ2) is 4.09. The molecule has 0 spiro atoms. The van der Waals surface area contributed by atoms with Gasteiger partial charge in [0.05, 0.1) is 12.1 Å². The highest BCUT2D eigenvalue weighted by Crippen LogP contribution is 2.46. The Labute approximate surface area is 96.2 Å². The quantitative estimate of drug-likeness (QED) is 0.304. The monoisotopic (exact) mass is 240 g/mol. The predicted molar refractivity (Wildman–Crippen MR) is 59.0 cm³/mol. The van der Waals surface area contributed by atoms with Crippen LogP contribution in [-0.2, 0) is 11.3 Å². The van der Waals surface area contributed by atoms with Gasteiger partial charge in [-0.25, -0.2) is 0 Å². The van der Waals surface area contributed by atoms with Crippen LogP contribution in [0.15, 0.2) is 16.9 Å². The number of hydrogen-bond donors (Lipinski definition) is 3. The first-order chi connectivity index (χ1) is 7.69. The lowest BCUT2D eigenvalue weighted by Gasteiger charge is -2.12. The summed E-state index contributed by atoms with van der Waals surface area (Å²) in [6.45, 7) is 0.434. The lowest BCUT2D eigenvalue weighted by molar-refractivity contribution is -0.124. The molecular formula is C9H12N4O2S. The predicted octanol–water partition coefficient (Wildman–Crippen LogP) is 0.286. The van der Waals surface area contributed by atoms with Gasteiger partial charge in [-0.3, -0.25) is 9.78 Å². The van der Waals surface area contributed by atoms with Crippen LogP contribution >= 0.6 is 11.3 Å². The number of rotatable bonds is 4. The maximum atomic E-state index is 11.8. The van der Waals surface area contributed by atoms with Gasteiger partial charge in [0.1, 0.15) is 5.41 Å². The Morgan fingerprint density at radius 1 is 1.75 bits per heavy atom. The van der Waals surface area contributed by atoms with Crippen LogP contribution in [0.5, 0.6) is 0 Å². The van der Waals surface area contributed by atoms with Crippen molar-refractivity contribution in [3.8, 4) is 0 Å². The molecule has 6 nitrogen and oxygen atoms in total. The van der Waals surface area contributed by atoms with E-state index in [-0.39, 0.29) is 11.7 Å². The number of carbonyl (C=O) groups is 1. The first-order valence-corrected chi connectivity index (χ1v) is 5.71. The molecule has 0 radical (unpaired) electrons. The zero-order chi connectivity index (χ0) is 11.6. The number of nitrogens with two attached hydrogens (primary N) is 1. The number of amides is 1. The standard InChI is InChI=1S/C9H12N4O2S/c10-7(13-15)9(1-2-9)8(14)12-4-6-3-11-5-16-6/h3,5,15H,1-2,4H2,(H2,10,13)(H,12,14). The summed E-state index contributed by atoms with van der Waals surface area (Å²) in [5.41, 5.74) is 6.42. The number of nitrogens with one attached hydrogen (secondary N) is 1. The van der Waals surface area contributed by atoms with Crippen molar-refractivity contribution in [3.05, 3.63) is 16.6 Å². The number of nitrogens with zero attached hydrogens (tertiary/aromatic N) is 2. The number of thiazole rings is 1. The fraction of sp³-hybridized carbons (Fsp3) is 0.444. The second-order valence-corrected chi connectivity index (χ2v) is 4.69. The van der Waals surface area contributed by atoms with Crippen molar-refractivity contribution >= 4 is 23.1 Å². The van der Waals surface area contributed by atoms with E-state index in [9.17, 15) is 4.79 Å². The molecule has 1 amide bonds. The van der Waals surface area contributed by atoms with Gasteiger partial charge in [-0.05, 0) is 12.8 Å². The first kappa shape index (κ1) is 10.9. The van der Waals surface area contributed by atoms with E-state index in [4.69, 9.17) is 10.9 Å². The van der Waals surface area contributed by atoms with Crippen molar-refractivity contribution < 1.29 is 10.0 Å². The maximum Gasteiger partial charge on any atom is 0.234 e. The molecule has 86 valence electrons. The van der Waals surface area contributed by atoms with Crippen LogP contribution in [0.25, 0.3) is 0 Å². The van der Waals surface area contributed by atoms with E-state index in [2.05, 4.69) is 15.5 Å². The fourth-order valence-corrected chi connectivity index (χ4v) is 2.02. The molecule has 0 saturated heterocycles. The topological polar surface area (TPSA) is 101 Å². The molecule has 0 aromatic carbocycles. The normalized spacial score (nSPS) is 18.1. The van der Waals surface area contributed by atoms with Crippen molar-refractivity contribution in [2.45, 2.75) is 19.4 Å². The average Bonchev–Trinajstić information content (AvgIpc) is 2.95. The molecule has 7 heteroatoms. The molecule has 0 atom stereocenters. The van der Waals surface area contributed by atoms with Gasteiger partial charge in [-0.1, -0.05) is 5.16 Å². The summed E-state index contributed by atoms with van der Waals surface area (Å²) >= 11 is 1.47. The molecule has 1 fully saturated rings. The van der Waals surface area contributed by atoms with Gasteiger partial charge in [-0.15, -0.1) is 11.3 Å². The van der Waals surface area contributed by atoms with E-state index in [1.54, 1.807) is 11.7 Å². The summed E-state index contributed by atoms with van der Waals surface area (Å²) in [6, 6.07) is 0. The van der Waals surface area contributed by atoms with E-state index >= 15 is 0 Å². The van der Waals surface area contributed by atoms with Crippen LogP contribution in [0.1, 0.15) is 17.7 Å². The Balaban J connectivity index is 1.94. The van der Waals surface area contributed by atoms with Crippen LogP contribution in [0.2, 0.25) is 0 Å². The molecule has 1 aromatic rings. The zero-order valence-electron chi connectivity index (χ0n) is 8.51. The van der Waals surface area contributed by atoms with Crippen LogP contribution in [-0.4, -0.2) is 21.9 Å². The number of amidine groups is 1. The molecule has 0 aliphatic heterocycles. The highest BCUT2D eigenvalue weighted by Gasteiger charge is 2.54. The summed E-state index contributed by atoms with van der Waals surface area (Å²) in [5.74, 6) is -0.189. The Kier molecular flexibility index (Phi) is 2.78. The molecule has 4 N–H and O–H groups in total. The van der Waals surface area contributed by atoms with Gasteiger partial charge in [0, 0.05) is 11.1 Å². The third-order valence-electron chi connectivity index (χ3n) is 2.69. The van der Waals surface area contributed by atoms with Crippen LogP contribution in [0, 0.1) is 5.41 Å². The van der Waals surface area contributed by atoms with Crippen molar-refractivity contribution in [2.24, 2.45) is 16.3 Å². The van der Waals surface area contributed by atoms with Gasteiger partial charge in [0.25, 0.3) is 0 Å². The molecule has 0 unspecified atom stereocenters. The number of oxime groups is 1. The minimum Gasteiger partial charge on any atom is -0.409 e. The van der Waals surface area contributed by atoms with E-state index in [1.807, 2.05) is 0 Å². The van der Waals surface area contributed by atoms with Crippen LogP contribution < -0.4 is 11.1 Å².